The third-order valence-electron chi connectivity index (χ3n) is 9.19. The second-order valence-electron chi connectivity index (χ2n) is 13.8. The van der Waals surface area contributed by atoms with Gasteiger partial charge in [0, 0.05) is 29.3 Å². The molecule has 2 aliphatic heterocycles. The third-order valence-corrected chi connectivity index (χ3v) is 9.74. The second kappa shape index (κ2) is 12.4. The monoisotopic (exact) mass is 649 g/mol. The Balaban J connectivity index is 0.988. The van der Waals surface area contributed by atoms with Crippen LogP contribution in [0.1, 0.15) is 63.3 Å². The van der Waals surface area contributed by atoms with Gasteiger partial charge >= 0.3 is 12.1 Å². The van der Waals surface area contributed by atoms with Gasteiger partial charge in [-0.3, -0.25) is 5.32 Å². The van der Waals surface area contributed by atoms with E-state index in [1.165, 1.54) is 0 Å². The van der Waals surface area contributed by atoms with Crippen LogP contribution in [0, 0.1) is 12.8 Å². The van der Waals surface area contributed by atoms with Crippen molar-refractivity contribution in [2.45, 2.75) is 77.3 Å². The van der Waals surface area contributed by atoms with Crippen LogP contribution in [0.4, 0.5) is 21.1 Å². The Morgan fingerprint density at radius 1 is 0.936 bits per heavy atom. The largest absolute Gasteiger partial charge is 0.415 e. The minimum atomic E-state index is -0.329. The fraction of sp³-hybridized carbons (Fsp3) is 0.361. The normalized spacial score (nSPS) is 19.1. The fourth-order valence-corrected chi connectivity index (χ4v) is 7.41. The van der Waals surface area contributed by atoms with Gasteiger partial charge in [0.25, 0.3) is 0 Å². The lowest BCUT2D eigenvalue weighted by Crippen LogP contribution is -2.48. The standard InChI is InChI=1S/C36H39N7O3S/c1-22-11-13-26(14-12-22)43-32(21-31(39-43)36(2,3)4)38-34(44)37-25-8-5-7-23(18-25)17-24-19-27-15-16-28(20-24)42(27)35(45)46-30-10-6-9-29-33(30)41-47-40-29/h5-14,18,21,24,27-28H,15-17,19-20H2,1-4H3,(H2,37,38,44). The number of carbonyl (C=O) groups excluding carboxylic acids is 2. The summed E-state index contributed by atoms with van der Waals surface area (Å²) in [4.78, 5) is 28.5. The summed E-state index contributed by atoms with van der Waals surface area (Å²) >= 11 is 1.11. The number of rotatable bonds is 6. The van der Waals surface area contributed by atoms with Gasteiger partial charge in [-0.15, -0.1) is 0 Å². The summed E-state index contributed by atoms with van der Waals surface area (Å²) in [5.74, 6) is 1.50. The van der Waals surface area contributed by atoms with Crippen LogP contribution < -0.4 is 15.4 Å². The van der Waals surface area contributed by atoms with Crippen molar-refractivity contribution in [2.24, 2.45) is 5.92 Å². The van der Waals surface area contributed by atoms with Crippen LogP contribution in [-0.4, -0.2) is 47.6 Å². The molecule has 2 atom stereocenters. The number of nitrogens with zero attached hydrogens (tertiary/aromatic N) is 5. The molecule has 242 valence electrons. The van der Waals surface area contributed by atoms with Crippen LogP contribution in [0.2, 0.25) is 0 Å². The van der Waals surface area contributed by atoms with Crippen molar-refractivity contribution in [3.63, 3.8) is 0 Å². The molecule has 3 amide bonds. The maximum Gasteiger partial charge on any atom is 0.415 e. The number of hydrogen-bond donors (Lipinski definition) is 2. The maximum atomic E-state index is 13.3. The van der Waals surface area contributed by atoms with Gasteiger partial charge in [0.2, 0.25) is 0 Å². The molecule has 2 unspecified atom stereocenters. The Labute approximate surface area is 278 Å². The van der Waals surface area contributed by atoms with Gasteiger partial charge < -0.3 is 15.0 Å². The van der Waals surface area contributed by atoms with Gasteiger partial charge in [0.05, 0.1) is 23.1 Å². The van der Waals surface area contributed by atoms with Gasteiger partial charge in [-0.25, -0.2) is 14.3 Å². The number of aromatic nitrogens is 4. The average molecular weight is 650 g/mol. The highest BCUT2D eigenvalue weighted by atomic mass is 32.1. The summed E-state index contributed by atoms with van der Waals surface area (Å²) < 4.78 is 16.2. The van der Waals surface area contributed by atoms with Crippen molar-refractivity contribution in [1.29, 1.82) is 0 Å². The number of ether oxygens (including phenoxy) is 1. The Hall–Kier alpha value is -4.77. The van der Waals surface area contributed by atoms with E-state index in [9.17, 15) is 9.59 Å². The number of nitrogens with one attached hydrogen (secondary N) is 2. The summed E-state index contributed by atoms with van der Waals surface area (Å²) in [6.45, 7) is 8.36. The molecule has 47 heavy (non-hydrogen) atoms. The minimum Gasteiger partial charge on any atom is -0.408 e. The zero-order valence-corrected chi connectivity index (χ0v) is 27.9. The Kier molecular flexibility index (Phi) is 8.17. The molecule has 0 radical (unpaired) electrons. The number of benzene rings is 3. The summed E-state index contributed by atoms with van der Waals surface area (Å²) in [6.07, 6.45) is 4.39. The molecule has 10 nitrogen and oxygen atoms in total. The first kappa shape index (κ1) is 30.9. The molecule has 4 heterocycles. The van der Waals surface area contributed by atoms with E-state index >= 15 is 0 Å². The van der Waals surface area contributed by atoms with E-state index in [0.29, 0.717) is 23.0 Å². The number of urea groups is 1. The van der Waals surface area contributed by atoms with Crippen molar-refractivity contribution in [3.8, 4) is 11.4 Å². The van der Waals surface area contributed by atoms with Crippen LogP contribution >= 0.6 is 11.7 Å². The molecule has 2 bridgehead atoms. The van der Waals surface area contributed by atoms with Crippen molar-refractivity contribution in [2.75, 3.05) is 10.6 Å². The number of piperidine rings is 1. The van der Waals surface area contributed by atoms with Gasteiger partial charge in [0.1, 0.15) is 16.9 Å². The zero-order chi connectivity index (χ0) is 32.7. The van der Waals surface area contributed by atoms with E-state index in [1.807, 2.05) is 72.5 Å². The molecule has 5 aromatic rings. The van der Waals surface area contributed by atoms with Crippen molar-refractivity contribution in [3.05, 3.63) is 89.6 Å². The first-order valence-corrected chi connectivity index (χ1v) is 16.9. The summed E-state index contributed by atoms with van der Waals surface area (Å²) in [5.41, 5.74) is 5.99. The molecular weight excluding hydrogens is 611 g/mol. The first-order chi connectivity index (χ1) is 22.6. The first-order valence-electron chi connectivity index (χ1n) is 16.2. The molecule has 11 heteroatoms. The van der Waals surface area contributed by atoms with E-state index < -0.39 is 0 Å². The van der Waals surface area contributed by atoms with Gasteiger partial charge in [-0.05, 0) is 86.9 Å². The van der Waals surface area contributed by atoms with Gasteiger partial charge in [-0.1, -0.05) is 56.7 Å². The summed E-state index contributed by atoms with van der Waals surface area (Å²) in [5, 5.41) is 10.9. The summed E-state index contributed by atoms with van der Waals surface area (Å²) in [6, 6.07) is 23.5. The second-order valence-corrected chi connectivity index (χ2v) is 14.3. The predicted molar refractivity (Wildman–Crippen MR) is 185 cm³/mol. The molecule has 2 aromatic heterocycles. The lowest BCUT2D eigenvalue weighted by molar-refractivity contribution is 0.0906. The molecule has 2 fully saturated rings. The summed E-state index contributed by atoms with van der Waals surface area (Å²) in [7, 11) is 0. The molecule has 2 aliphatic rings. The van der Waals surface area contributed by atoms with Crippen LogP contribution in [-0.2, 0) is 11.8 Å². The molecule has 0 aliphatic carbocycles. The molecule has 2 saturated heterocycles. The lowest BCUT2D eigenvalue weighted by Gasteiger charge is -2.38. The topological polar surface area (TPSA) is 114 Å². The van der Waals surface area contributed by atoms with Crippen LogP contribution in [0.25, 0.3) is 16.7 Å². The fourth-order valence-electron chi connectivity index (χ4n) is 6.87. The van der Waals surface area contributed by atoms with Gasteiger partial charge in [-0.2, -0.15) is 13.8 Å². The van der Waals surface area contributed by atoms with E-state index in [2.05, 4.69) is 46.2 Å². The van der Waals surface area contributed by atoms with Crippen LogP contribution in [0.15, 0.2) is 72.8 Å². The van der Waals surface area contributed by atoms with E-state index in [0.717, 1.165) is 77.5 Å². The van der Waals surface area contributed by atoms with Crippen molar-refractivity contribution < 1.29 is 14.3 Å². The highest BCUT2D eigenvalue weighted by Gasteiger charge is 2.44. The highest BCUT2D eigenvalue weighted by Crippen LogP contribution is 2.41. The van der Waals surface area contributed by atoms with E-state index in [-0.39, 0.29) is 29.6 Å². The molecular formula is C36H39N7O3S. The Morgan fingerprint density at radius 3 is 2.43 bits per heavy atom. The number of amides is 3. The molecule has 7 rings (SSSR count). The Bertz CT molecular complexity index is 1910. The number of hydrogen-bond acceptors (Lipinski definition) is 7. The number of anilines is 2. The molecule has 3 aromatic carbocycles. The van der Waals surface area contributed by atoms with Gasteiger partial charge in [0.15, 0.2) is 5.75 Å². The van der Waals surface area contributed by atoms with Crippen LogP contribution in [0.3, 0.4) is 0 Å². The van der Waals surface area contributed by atoms with E-state index in [4.69, 9.17) is 9.84 Å². The van der Waals surface area contributed by atoms with Crippen molar-refractivity contribution >= 4 is 46.4 Å². The maximum absolute atomic E-state index is 13.3. The SMILES string of the molecule is Cc1ccc(-n2nc(C(C)(C)C)cc2NC(=O)Nc2cccc(CC3CC4CCC(C3)N4C(=O)Oc3cccc4nsnc34)c2)cc1. The highest BCUT2D eigenvalue weighted by molar-refractivity contribution is 7.00. The molecule has 2 N–H and O–H groups in total. The molecule has 0 saturated carbocycles. The number of carbonyl (C=O) groups is 2. The smallest absolute Gasteiger partial charge is 0.408 e. The predicted octanol–water partition coefficient (Wildman–Crippen LogP) is 8.11. The molecule has 0 spiro atoms. The van der Waals surface area contributed by atoms with Crippen molar-refractivity contribution in [1.82, 2.24) is 23.4 Å². The quantitative estimate of drug-likeness (QED) is 0.192. The number of aryl methyl sites for hydroxylation is 1. The van der Waals surface area contributed by atoms with Crippen LogP contribution in [0.5, 0.6) is 5.75 Å². The third kappa shape index (κ3) is 6.58. The average Bonchev–Trinajstić information content (AvgIpc) is 3.74. The lowest BCUT2D eigenvalue weighted by atomic mass is 9.86. The zero-order valence-electron chi connectivity index (χ0n) is 27.1. The van der Waals surface area contributed by atoms with E-state index in [1.54, 1.807) is 10.7 Å². The Morgan fingerprint density at radius 2 is 1.68 bits per heavy atom. The number of fused-ring (bicyclic) bond motifs is 3. The minimum absolute atomic E-state index is 0.155.